The standard InChI is InChI=1S/C11H12ClNO4S/c12-8-2-1-7(18-8)10(16)13-11(5-9(14)15)3-4-17-6-11/h1-2H,3-6H2,(H,13,16)(H,14,15). The Labute approximate surface area is 113 Å². The lowest BCUT2D eigenvalue weighted by atomic mass is 9.94. The van der Waals surface area contributed by atoms with Gasteiger partial charge in [-0.1, -0.05) is 11.6 Å². The average Bonchev–Trinajstić information content (AvgIpc) is 2.87. The number of carboxylic acid groups (broad SMARTS) is 1. The Morgan fingerprint density at radius 2 is 2.33 bits per heavy atom. The number of rotatable bonds is 4. The van der Waals surface area contributed by atoms with Gasteiger partial charge in [-0.05, 0) is 18.6 Å². The summed E-state index contributed by atoms with van der Waals surface area (Å²) in [5, 5.41) is 11.7. The number of halogens is 1. The third kappa shape index (κ3) is 3.01. The summed E-state index contributed by atoms with van der Waals surface area (Å²) in [6, 6.07) is 3.25. The molecule has 1 aromatic heterocycles. The Balaban J connectivity index is 2.09. The van der Waals surface area contributed by atoms with Crippen LogP contribution in [-0.2, 0) is 9.53 Å². The molecule has 1 saturated heterocycles. The van der Waals surface area contributed by atoms with Gasteiger partial charge in [-0.15, -0.1) is 11.3 Å². The van der Waals surface area contributed by atoms with Gasteiger partial charge in [-0.3, -0.25) is 9.59 Å². The van der Waals surface area contributed by atoms with E-state index in [0.717, 1.165) is 11.3 Å². The van der Waals surface area contributed by atoms with Crippen LogP contribution in [0.5, 0.6) is 0 Å². The molecule has 0 saturated carbocycles. The van der Waals surface area contributed by atoms with Crippen molar-refractivity contribution in [3.05, 3.63) is 21.3 Å². The number of carboxylic acids is 1. The number of amides is 1. The number of hydrogen-bond donors (Lipinski definition) is 2. The zero-order valence-corrected chi connectivity index (χ0v) is 11.0. The summed E-state index contributed by atoms with van der Waals surface area (Å²) in [6.07, 6.45) is 0.363. The van der Waals surface area contributed by atoms with Crippen LogP contribution in [0.4, 0.5) is 0 Å². The maximum atomic E-state index is 12.0. The van der Waals surface area contributed by atoms with Gasteiger partial charge in [0.25, 0.3) is 5.91 Å². The number of nitrogens with one attached hydrogen (secondary N) is 1. The fourth-order valence-corrected chi connectivity index (χ4v) is 2.86. The second kappa shape index (κ2) is 5.26. The molecule has 2 N–H and O–H groups in total. The molecule has 98 valence electrons. The number of carbonyl (C=O) groups is 2. The van der Waals surface area contributed by atoms with Gasteiger partial charge in [0.05, 0.1) is 27.8 Å². The highest BCUT2D eigenvalue weighted by Crippen LogP contribution is 2.26. The SMILES string of the molecule is O=C(O)CC1(NC(=O)c2ccc(Cl)s2)CCOC1. The number of ether oxygens (including phenoxy) is 1. The molecule has 7 heteroatoms. The van der Waals surface area contributed by atoms with E-state index in [1.54, 1.807) is 12.1 Å². The molecule has 1 atom stereocenters. The van der Waals surface area contributed by atoms with Gasteiger partial charge in [0.1, 0.15) is 0 Å². The Bertz CT molecular complexity index is 467. The van der Waals surface area contributed by atoms with E-state index >= 15 is 0 Å². The molecule has 1 aliphatic rings. The van der Waals surface area contributed by atoms with Gasteiger partial charge in [-0.2, -0.15) is 0 Å². The molecule has 2 heterocycles. The molecule has 0 aliphatic carbocycles. The fourth-order valence-electron chi connectivity index (χ4n) is 1.92. The van der Waals surface area contributed by atoms with Crippen LogP contribution >= 0.6 is 22.9 Å². The van der Waals surface area contributed by atoms with Crippen molar-refractivity contribution in [3.63, 3.8) is 0 Å². The van der Waals surface area contributed by atoms with Crippen molar-refractivity contribution in [1.82, 2.24) is 5.32 Å². The van der Waals surface area contributed by atoms with E-state index in [4.69, 9.17) is 21.4 Å². The molecule has 5 nitrogen and oxygen atoms in total. The van der Waals surface area contributed by atoms with Gasteiger partial charge in [0.15, 0.2) is 0 Å². The maximum absolute atomic E-state index is 12.0. The van der Waals surface area contributed by atoms with Crippen molar-refractivity contribution in [2.45, 2.75) is 18.4 Å². The van der Waals surface area contributed by atoms with Crippen LogP contribution in [0.2, 0.25) is 4.34 Å². The number of hydrogen-bond acceptors (Lipinski definition) is 4. The van der Waals surface area contributed by atoms with Gasteiger partial charge < -0.3 is 15.2 Å². The van der Waals surface area contributed by atoms with E-state index < -0.39 is 11.5 Å². The molecule has 0 radical (unpaired) electrons. The number of thiophene rings is 1. The normalized spacial score (nSPS) is 22.9. The fraction of sp³-hybridized carbons (Fsp3) is 0.455. The molecule has 1 unspecified atom stereocenters. The zero-order chi connectivity index (χ0) is 13.2. The molecule has 0 aromatic carbocycles. The monoisotopic (exact) mass is 289 g/mol. The maximum Gasteiger partial charge on any atom is 0.305 e. The third-order valence-corrected chi connectivity index (χ3v) is 4.00. The molecular weight excluding hydrogens is 278 g/mol. The van der Waals surface area contributed by atoms with Gasteiger partial charge in [0.2, 0.25) is 0 Å². The molecule has 0 spiro atoms. The highest BCUT2D eigenvalue weighted by molar-refractivity contribution is 7.18. The lowest BCUT2D eigenvalue weighted by molar-refractivity contribution is -0.138. The second-order valence-corrected chi connectivity index (χ2v) is 5.93. The second-order valence-electron chi connectivity index (χ2n) is 4.21. The minimum atomic E-state index is -0.954. The molecule has 1 amide bonds. The van der Waals surface area contributed by atoms with Crippen molar-refractivity contribution in [1.29, 1.82) is 0 Å². The van der Waals surface area contributed by atoms with Crippen molar-refractivity contribution >= 4 is 34.8 Å². The van der Waals surface area contributed by atoms with Crippen molar-refractivity contribution < 1.29 is 19.4 Å². The van der Waals surface area contributed by atoms with Crippen LogP contribution in [0.3, 0.4) is 0 Å². The minimum Gasteiger partial charge on any atom is -0.481 e. The first kappa shape index (κ1) is 13.3. The first-order valence-corrected chi connectivity index (χ1v) is 6.58. The van der Waals surface area contributed by atoms with Crippen LogP contribution in [0, 0.1) is 0 Å². The average molecular weight is 290 g/mol. The predicted octanol–water partition coefficient (Wildman–Crippen LogP) is 1.77. The van der Waals surface area contributed by atoms with Gasteiger partial charge in [0, 0.05) is 6.61 Å². The van der Waals surface area contributed by atoms with E-state index in [9.17, 15) is 9.59 Å². The quantitative estimate of drug-likeness (QED) is 0.886. The molecule has 1 fully saturated rings. The first-order valence-electron chi connectivity index (χ1n) is 5.38. The van der Waals surface area contributed by atoms with Crippen LogP contribution in [0.25, 0.3) is 0 Å². The topological polar surface area (TPSA) is 75.6 Å². The molecule has 1 aromatic rings. The summed E-state index contributed by atoms with van der Waals surface area (Å²) < 4.78 is 5.73. The lowest BCUT2D eigenvalue weighted by Crippen LogP contribution is -2.50. The lowest BCUT2D eigenvalue weighted by Gasteiger charge is -2.26. The van der Waals surface area contributed by atoms with E-state index in [1.165, 1.54) is 0 Å². The Kier molecular flexibility index (Phi) is 3.89. The van der Waals surface area contributed by atoms with Crippen molar-refractivity contribution in [3.8, 4) is 0 Å². The highest BCUT2D eigenvalue weighted by atomic mass is 35.5. The van der Waals surface area contributed by atoms with Crippen LogP contribution in [0.1, 0.15) is 22.5 Å². The first-order chi connectivity index (χ1) is 8.51. The van der Waals surface area contributed by atoms with E-state index in [0.29, 0.717) is 22.2 Å². The summed E-state index contributed by atoms with van der Waals surface area (Å²) in [4.78, 5) is 23.3. The summed E-state index contributed by atoms with van der Waals surface area (Å²) in [5.41, 5.74) is -0.806. The van der Waals surface area contributed by atoms with E-state index in [-0.39, 0.29) is 18.9 Å². The zero-order valence-electron chi connectivity index (χ0n) is 9.44. The molecule has 18 heavy (non-hydrogen) atoms. The van der Waals surface area contributed by atoms with Crippen LogP contribution < -0.4 is 5.32 Å². The van der Waals surface area contributed by atoms with Gasteiger partial charge >= 0.3 is 5.97 Å². The minimum absolute atomic E-state index is 0.141. The Hall–Kier alpha value is -1.11. The van der Waals surface area contributed by atoms with Crippen LogP contribution in [-0.4, -0.2) is 35.7 Å². The van der Waals surface area contributed by atoms with Crippen LogP contribution in [0.15, 0.2) is 12.1 Å². The molecule has 1 aliphatic heterocycles. The highest BCUT2D eigenvalue weighted by Gasteiger charge is 2.38. The smallest absolute Gasteiger partial charge is 0.305 e. The molecule has 0 bridgehead atoms. The van der Waals surface area contributed by atoms with Crippen molar-refractivity contribution in [2.24, 2.45) is 0 Å². The predicted molar refractivity (Wildman–Crippen MR) is 67.2 cm³/mol. The summed E-state index contributed by atoms with van der Waals surface area (Å²) in [7, 11) is 0. The number of aliphatic carboxylic acids is 1. The largest absolute Gasteiger partial charge is 0.481 e. The van der Waals surface area contributed by atoms with Gasteiger partial charge in [-0.25, -0.2) is 0 Å². The summed E-state index contributed by atoms with van der Waals surface area (Å²) in [6.45, 7) is 0.683. The van der Waals surface area contributed by atoms with E-state index in [1.807, 2.05) is 0 Å². The number of carbonyl (C=O) groups excluding carboxylic acids is 1. The molecular formula is C11H12ClNO4S. The summed E-state index contributed by atoms with van der Waals surface area (Å²) in [5.74, 6) is -1.26. The van der Waals surface area contributed by atoms with E-state index in [2.05, 4.69) is 5.32 Å². The Morgan fingerprint density at radius 3 is 2.83 bits per heavy atom. The third-order valence-electron chi connectivity index (χ3n) is 2.77. The van der Waals surface area contributed by atoms with Crippen molar-refractivity contribution in [2.75, 3.05) is 13.2 Å². The Morgan fingerprint density at radius 1 is 1.56 bits per heavy atom. The molecule has 2 rings (SSSR count). The summed E-state index contributed by atoms with van der Waals surface area (Å²) >= 11 is 6.92.